The molecule has 0 saturated heterocycles. The van der Waals surface area contributed by atoms with Gasteiger partial charge in [-0.05, 0) is 43.3 Å². The van der Waals surface area contributed by atoms with Gasteiger partial charge < -0.3 is 19.5 Å². The van der Waals surface area contributed by atoms with Crippen LogP contribution in [0.25, 0.3) is 0 Å². The van der Waals surface area contributed by atoms with Crippen LogP contribution in [-0.2, 0) is 24.3 Å². The number of hydrogen-bond acceptors (Lipinski definition) is 9. The van der Waals surface area contributed by atoms with E-state index in [9.17, 15) is 28.1 Å². The molecule has 0 radical (unpaired) electrons. The Bertz CT molecular complexity index is 1100. The van der Waals surface area contributed by atoms with Gasteiger partial charge in [0.25, 0.3) is 11.6 Å². The fourth-order valence-electron chi connectivity index (χ4n) is 2.45. The molecule has 12 nitrogen and oxygen atoms in total. The third kappa shape index (κ3) is 6.39. The van der Waals surface area contributed by atoms with Crippen LogP contribution in [0, 0.1) is 10.1 Å². The summed E-state index contributed by atoms with van der Waals surface area (Å²) < 4.78 is 41.5. The summed E-state index contributed by atoms with van der Waals surface area (Å²) in [4.78, 5) is 34.5. The normalized spacial score (nSPS) is 11.8. The molecule has 0 aliphatic rings. The smallest absolute Gasteiger partial charge is 0.324 e. The highest BCUT2D eigenvalue weighted by Crippen LogP contribution is 2.28. The van der Waals surface area contributed by atoms with Crippen molar-refractivity contribution in [3.63, 3.8) is 0 Å². The van der Waals surface area contributed by atoms with E-state index in [-0.39, 0.29) is 16.3 Å². The largest absolute Gasteiger partial charge is 0.497 e. The predicted octanol–water partition coefficient (Wildman–Crippen LogP) is 1.46. The minimum Gasteiger partial charge on any atom is -0.497 e. The van der Waals surface area contributed by atoms with Crippen LogP contribution in [0.1, 0.15) is 6.92 Å². The molecule has 2 aromatic rings. The van der Waals surface area contributed by atoms with E-state index in [0.717, 1.165) is 6.07 Å². The zero-order valence-electron chi connectivity index (χ0n) is 17.4. The van der Waals surface area contributed by atoms with Crippen molar-refractivity contribution < 1.29 is 37.1 Å². The van der Waals surface area contributed by atoms with Crippen molar-refractivity contribution in [3.8, 4) is 11.5 Å². The van der Waals surface area contributed by atoms with Crippen molar-refractivity contribution in [2.75, 3.05) is 26.1 Å². The maximum absolute atomic E-state index is 12.4. The fourth-order valence-corrected chi connectivity index (χ4v) is 3.64. The number of nitrogens with one attached hydrogen (secondary N) is 2. The minimum absolute atomic E-state index is 0.0949. The Morgan fingerprint density at radius 3 is 2.22 bits per heavy atom. The molecule has 0 aliphatic heterocycles. The summed E-state index contributed by atoms with van der Waals surface area (Å²) in [5, 5.41) is 13.4. The van der Waals surface area contributed by atoms with E-state index in [1.165, 1.54) is 57.5 Å². The highest BCUT2D eigenvalue weighted by atomic mass is 32.2. The van der Waals surface area contributed by atoms with E-state index >= 15 is 0 Å². The Hall–Kier alpha value is -3.71. The van der Waals surface area contributed by atoms with E-state index in [2.05, 4.69) is 10.0 Å². The van der Waals surface area contributed by atoms with Crippen LogP contribution in [0.5, 0.6) is 11.5 Å². The van der Waals surface area contributed by atoms with Gasteiger partial charge in [0.1, 0.15) is 23.2 Å². The number of carbonyl (C=O) groups excluding carboxylic acids is 2. The first-order chi connectivity index (χ1) is 15.1. The third-order valence-electron chi connectivity index (χ3n) is 4.08. The van der Waals surface area contributed by atoms with Crippen molar-refractivity contribution in [3.05, 3.63) is 52.6 Å². The van der Waals surface area contributed by atoms with Gasteiger partial charge >= 0.3 is 5.97 Å². The summed E-state index contributed by atoms with van der Waals surface area (Å²) >= 11 is 0. The molecule has 0 spiro atoms. The summed E-state index contributed by atoms with van der Waals surface area (Å²) in [6, 6.07) is 7.98. The summed E-state index contributed by atoms with van der Waals surface area (Å²) in [6.45, 7) is 0.465. The topological polar surface area (TPSA) is 163 Å². The summed E-state index contributed by atoms with van der Waals surface area (Å²) in [5.41, 5.74) is -0.533. The SMILES string of the molecule is COc1ccc(S(=O)(=O)N[C@@H](C)C(=O)OCC(=O)Nc2ccc(OC)cc2[N+](=O)[O-])cc1. The van der Waals surface area contributed by atoms with Crippen LogP contribution in [0.15, 0.2) is 47.4 Å². The molecule has 0 unspecified atom stereocenters. The van der Waals surface area contributed by atoms with E-state index in [1.807, 2.05) is 0 Å². The zero-order chi connectivity index (χ0) is 23.9. The van der Waals surface area contributed by atoms with Gasteiger partial charge in [-0.2, -0.15) is 4.72 Å². The third-order valence-corrected chi connectivity index (χ3v) is 5.63. The molecule has 0 bridgehead atoms. The molecule has 0 aliphatic carbocycles. The number of hydrogen-bond donors (Lipinski definition) is 2. The number of nitro benzene ring substituents is 1. The number of esters is 1. The second-order valence-electron chi connectivity index (χ2n) is 6.31. The first kappa shape index (κ1) is 24.6. The van der Waals surface area contributed by atoms with Crippen molar-refractivity contribution >= 4 is 33.3 Å². The van der Waals surface area contributed by atoms with Crippen molar-refractivity contribution in [1.29, 1.82) is 0 Å². The van der Waals surface area contributed by atoms with Gasteiger partial charge in [-0.1, -0.05) is 0 Å². The van der Waals surface area contributed by atoms with Gasteiger partial charge in [0.15, 0.2) is 6.61 Å². The Balaban J connectivity index is 1.95. The highest BCUT2D eigenvalue weighted by molar-refractivity contribution is 7.89. The summed E-state index contributed by atoms with van der Waals surface area (Å²) in [6.07, 6.45) is 0. The molecule has 32 heavy (non-hydrogen) atoms. The average molecular weight is 467 g/mol. The first-order valence-electron chi connectivity index (χ1n) is 9.02. The molecule has 0 heterocycles. The summed E-state index contributed by atoms with van der Waals surface area (Å²) in [7, 11) is -1.26. The van der Waals surface area contributed by atoms with E-state index in [4.69, 9.17) is 14.2 Å². The standard InChI is InChI=1S/C19H21N3O9S/c1-12(21-32(27,28)15-7-4-13(29-2)5-8-15)19(24)31-11-18(23)20-16-9-6-14(30-3)10-17(16)22(25)26/h4-10,12,21H,11H2,1-3H3,(H,20,23)/t12-/m0/s1. The Kier molecular flexibility index (Phi) is 8.09. The van der Waals surface area contributed by atoms with Gasteiger partial charge in [0.2, 0.25) is 10.0 Å². The molecular weight excluding hydrogens is 446 g/mol. The van der Waals surface area contributed by atoms with Gasteiger partial charge in [-0.15, -0.1) is 0 Å². The molecule has 1 atom stereocenters. The Morgan fingerprint density at radius 1 is 1.06 bits per heavy atom. The number of rotatable bonds is 10. The van der Waals surface area contributed by atoms with Crippen LogP contribution in [-0.4, -0.2) is 52.1 Å². The van der Waals surface area contributed by atoms with Crippen molar-refractivity contribution in [2.45, 2.75) is 17.9 Å². The number of anilines is 1. The van der Waals surface area contributed by atoms with Gasteiger partial charge in [-0.3, -0.25) is 19.7 Å². The second-order valence-corrected chi connectivity index (χ2v) is 8.03. The number of carbonyl (C=O) groups is 2. The lowest BCUT2D eigenvalue weighted by atomic mass is 10.2. The number of nitrogens with zero attached hydrogens (tertiary/aromatic N) is 1. The Morgan fingerprint density at radius 2 is 1.66 bits per heavy atom. The predicted molar refractivity (Wildman–Crippen MR) is 112 cm³/mol. The lowest BCUT2D eigenvalue weighted by Gasteiger charge is -2.14. The number of sulfonamides is 1. The van der Waals surface area contributed by atoms with Crippen LogP contribution < -0.4 is 19.5 Å². The molecule has 2 aromatic carbocycles. The van der Waals surface area contributed by atoms with Crippen molar-refractivity contribution in [1.82, 2.24) is 4.72 Å². The van der Waals surface area contributed by atoms with Crippen molar-refractivity contribution in [2.24, 2.45) is 0 Å². The van der Waals surface area contributed by atoms with Crippen LogP contribution >= 0.6 is 0 Å². The average Bonchev–Trinajstić information content (AvgIpc) is 2.77. The Labute approximate surface area is 183 Å². The molecule has 2 N–H and O–H groups in total. The number of methoxy groups -OCH3 is 2. The molecule has 0 aromatic heterocycles. The number of amides is 1. The van der Waals surface area contributed by atoms with E-state index < -0.39 is 45.2 Å². The van der Waals surface area contributed by atoms with Gasteiger partial charge in [0, 0.05) is 0 Å². The highest BCUT2D eigenvalue weighted by Gasteiger charge is 2.24. The molecular formula is C19H21N3O9S. The number of benzene rings is 2. The quantitative estimate of drug-likeness (QED) is 0.299. The van der Waals surface area contributed by atoms with Gasteiger partial charge in [-0.25, -0.2) is 8.42 Å². The van der Waals surface area contributed by atoms with Crippen LogP contribution in [0.3, 0.4) is 0 Å². The molecule has 13 heteroatoms. The molecule has 2 rings (SSSR count). The number of nitro groups is 1. The fraction of sp³-hybridized carbons (Fsp3) is 0.263. The maximum Gasteiger partial charge on any atom is 0.324 e. The number of ether oxygens (including phenoxy) is 3. The van der Waals surface area contributed by atoms with Gasteiger partial charge in [0.05, 0.1) is 30.1 Å². The zero-order valence-corrected chi connectivity index (χ0v) is 18.2. The lowest BCUT2D eigenvalue weighted by molar-refractivity contribution is -0.384. The lowest BCUT2D eigenvalue weighted by Crippen LogP contribution is -2.40. The molecule has 172 valence electrons. The molecule has 1 amide bonds. The van der Waals surface area contributed by atoms with E-state index in [1.54, 1.807) is 0 Å². The summed E-state index contributed by atoms with van der Waals surface area (Å²) in [5.74, 6) is -1.18. The minimum atomic E-state index is -4.03. The molecule has 0 fully saturated rings. The van der Waals surface area contributed by atoms with Crippen LogP contribution in [0.4, 0.5) is 11.4 Å². The van der Waals surface area contributed by atoms with E-state index in [0.29, 0.717) is 5.75 Å². The monoisotopic (exact) mass is 467 g/mol. The first-order valence-corrected chi connectivity index (χ1v) is 10.5. The maximum atomic E-state index is 12.4. The second kappa shape index (κ2) is 10.5. The van der Waals surface area contributed by atoms with Crippen LogP contribution in [0.2, 0.25) is 0 Å². The molecule has 0 saturated carbocycles.